The van der Waals surface area contributed by atoms with Crippen LogP contribution in [-0.4, -0.2) is 24.6 Å². The zero-order chi connectivity index (χ0) is 12.1. The molecule has 0 unspecified atom stereocenters. The van der Waals surface area contributed by atoms with Crippen LogP contribution in [0.15, 0.2) is 12.2 Å². The second-order valence-corrected chi connectivity index (χ2v) is 4.17. The minimum Gasteiger partial charge on any atom is -0.466 e. The second kappa shape index (κ2) is 5.44. The summed E-state index contributed by atoms with van der Waals surface area (Å²) in [5.74, 6) is -1.14. The lowest BCUT2D eigenvalue weighted by atomic mass is 9.88. The number of rotatable bonds is 4. The molecule has 0 heterocycles. The second-order valence-electron chi connectivity index (χ2n) is 4.17. The number of ketones is 2. The molecular formula is C11H16O4. The highest BCUT2D eigenvalue weighted by Gasteiger charge is 2.22. The smallest absolute Gasteiger partial charge is 0.330 e. The minimum atomic E-state index is -0.605. The molecule has 0 fully saturated rings. The number of allylic oxidation sites excluding steroid dienone is 1. The van der Waals surface area contributed by atoms with E-state index in [0.717, 1.165) is 12.2 Å². The van der Waals surface area contributed by atoms with Crippen LogP contribution in [0.3, 0.4) is 0 Å². The van der Waals surface area contributed by atoms with E-state index in [-0.39, 0.29) is 18.0 Å². The average Bonchev–Trinajstić information content (AvgIpc) is 2.12. The number of carbonyl (C=O) groups excluding carboxylic acids is 3. The van der Waals surface area contributed by atoms with Gasteiger partial charge in [-0.2, -0.15) is 0 Å². The van der Waals surface area contributed by atoms with Gasteiger partial charge in [0.05, 0.1) is 13.5 Å². The van der Waals surface area contributed by atoms with E-state index < -0.39 is 11.4 Å². The van der Waals surface area contributed by atoms with Crippen molar-refractivity contribution in [2.75, 3.05) is 7.11 Å². The van der Waals surface area contributed by atoms with Gasteiger partial charge in [0.2, 0.25) is 0 Å². The Morgan fingerprint density at radius 3 is 2.07 bits per heavy atom. The van der Waals surface area contributed by atoms with Crippen molar-refractivity contribution in [1.29, 1.82) is 0 Å². The van der Waals surface area contributed by atoms with Crippen LogP contribution in [0.5, 0.6) is 0 Å². The van der Waals surface area contributed by atoms with Gasteiger partial charge in [0.15, 0.2) is 5.78 Å². The largest absolute Gasteiger partial charge is 0.466 e. The zero-order valence-electron chi connectivity index (χ0n) is 9.49. The lowest BCUT2D eigenvalue weighted by molar-refractivity contribution is -0.135. The zero-order valence-corrected chi connectivity index (χ0v) is 9.49. The molecule has 0 rings (SSSR count). The number of carbonyl (C=O) groups is 3. The molecule has 0 spiro atoms. The van der Waals surface area contributed by atoms with Gasteiger partial charge in [-0.1, -0.05) is 20.8 Å². The summed E-state index contributed by atoms with van der Waals surface area (Å²) in [5.41, 5.74) is -0.533. The molecular weight excluding hydrogens is 196 g/mol. The van der Waals surface area contributed by atoms with E-state index >= 15 is 0 Å². The van der Waals surface area contributed by atoms with Gasteiger partial charge in [-0.05, 0) is 6.08 Å². The van der Waals surface area contributed by atoms with Crippen LogP contribution in [0.25, 0.3) is 0 Å². The van der Waals surface area contributed by atoms with Crippen molar-refractivity contribution in [3.05, 3.63) is 12.2 Å². The number of hydrogen-bond acceptors (Lipinski definition) is 4. The van der Waals surface area contributed by atoms with E-state index in [4.69, 9.17) is 0 Å². The molecule has 4 heteroatoms. The van der Waals surface area contributed by atoms with Crippen LogP contribution in [0.1, 0.15) is 27.2 Å². The predicted molar refractivity (Wildman–Crippen MR) is 55.2 cm³/mol. The molecule has 0 aromatic heterocycles. The Balaban J connectivity index is 4.23. The molecule has 0 radical (unpaired) electrons. The van der Waals surface area contributed by atoms with E-state index in [9.17, 15) is 14.4 Å². The number of esters is 1. The van der Waals surface area contributed by atoms with Crippen LogP contribution >= 0.6 is 0 Å². The monoisotopic (exact) mass is 212 g/mol. The highest BCUT2D eigenvalue weighted by atomic mass is 16.5. The maximum atomic E-state index is 11.4. The molecule has 0 saturated heterocycles. The summed E-state index contributed by atoms with van der Waals surface area (Å²) < 4.78 is 4.31. The normalized spacial score (nSPS) is 11.5. The van der Waals surface area contributed by atoms with Gasteiger partial charge in [0.25, 0.3) is 0 Å². The van der Waals surface area contributed by atoms with Crippen molar-refractivity contribution in [3.8, 4) is 0 Å². The fourth-order valence-corrected chi connectivity index (χ4v) is 0.711. The molecule has 0 aromatic rings. The van der Waals surface area contributed by atoms with Gasteiger partial charge in [0, 0.05) is 11.5 Å². The Morgan fingerprint density at radius 2 is 1.67 bits per heavy atom. The molecule has 0 N–H and O–H groups in total. The third kappa shape index (κ3) is 5.78. The maximum absolute atomic E-state index is 11.4. The van der Waals surface area contributed by atoms with Crippen molar-refractivity contribution < 1.29 is 19.1 Å². The fourth-order valence-electron chi connectivity index (χ4n) is 0.711. The first kappa shape index (κ1) is 13.5. The lowest BCUT2D eigenvalue weighted by Gasteiger charge is -2.14. The van der Waals surface area contributed by atoms with E-state index in [1.807, 2.05) is 0 Å². The average molecular weight is 212 g/mol. The molecule has 0 bridgehead atoms. The number of methoxy groups -OCH3 is 1. The number of hydrogen-bond donors (Lipinski definition) is 0. The van der Waals surface area contributed by atoms with Crippen molar-refractivity contribution in [1.82, 2.24) is 0 Å². The molecule has 0 aliphatic rings. The third-order valence-corrected chi connectivity index (χ3v) is 1.78. The van der Waals surface area contributed by atoms with E-state index in [1.165, 1.54) is 7.11 Å². The number of Topliss-reactive ketones (excluding diaryl/α,β-unsaturated/α-hetero) is 1. The summed E-state index contributed by atoms with van der Waals surface area (Å²) in [4.78, 5) is 33.3. The molecule has 0 aromatic carbocycles. The summed E-state index contributed by atoms with van der Waals surface area (Å²) >= 11 is 0. The molecule has 0 aliphatic carbocycles. The van der Waals surface area contributed by atoms with Gasteiger partial charge in [-0.25, -0.2) is 4.79 Å². The van der Waals surface area contributed by atoms with Crippen LogP contribution in [0.4, 0.5) is 0 Å². The van der Waals surface area contributed by atoms with Gasteiger partial charge in [-0.15, -0.1) is 0 Å². The first-order valence-electron chi connectivity index (χ1n) is 4.59. The van der Waals surface area contributed by atoms with E-state index in [1.54, 1.807) is 20.8 Å². The van der Waals surface area contributed by atoms with Crippen LogP contribution < -0.4 is 0 Å². The first-order chi connectivity index (χ1) is 6.77. The van der Waals surface area contributed by atoms with Crippen LogP contribution in [0.2, 0.25) is 0 Å². The molecule has 0 saturated carbocycles. The Morgan fingerprint density at radius 1 is 1.13 bits per heavy atom. The summed E-state index contributed by atoms with van der Waals surface area (Å²) in [7, 11) is 1.22. The van der Waals surface area contributed by atoms with Crippen LogP contribution in [-0.2, 0) is 19.1 Å². The Bertz CT molecular complexity index is 294. The molecule has 4 nitrogen and oxygen atoms in total. The van der Waals surface area contributed by atoms with Gasteiger partial charge in [0.1, 0.15) is 5.78 Å². The number of ether oxygens (including phenoxy) is 1. The first-order valence-corrected chi connectivity index (χ1v) is 4.59. The predicted octanol–water partition coefficient (Wildman–Crippen LogP) is 1.29. The Kier molecular flexibility index (Phi) is 4.91. The quantitative estimate of drug-likeness (QED) is 0.400. The Labute approximate surface area is 89.3 Å². The van der Waals surface area contributed by atoms with E-state index in [0.29, 0.717) is 0 Å². The molecule has 0 amide bonds. The third-order valence-electron chi connectivity index (χ3n) is 1.78. The summed E-state index contributed by atoms with van der Waals surface area (Å²) in [5, 5.41) is 0. The standard InChI is InChI=1S/C11H16O4/c1-11(2,3)9(13)7-8(12)5-6-10(14)15-4/h5-6H,7H2,1-4H3/b6-5+. The highest BCUT2D eigenvalue weighted by Crippen LogP contribution is 2.16. The van der Waals surface area contributed by atoms with Crippen molar-refractivity contribution >= 4 is 17.5 Å². The molecule has 15 heavy (non-hydrogen) atoms. The maximum Gasteiger partial charge on any atom is 0.330 e. The summed E-state index contributed by atoms with van der Waals surface area (Å²) in [6, 6.07) is 0. The SMILES string of the molecule is COC(=O)/C=C/C(=O)CC(=O)C(C)(C)C. The fraction of sp³-hybridized carbons (Fsp3) is 0.545. The van der Waals surface area contributed by atoms with Gasteiger partial charge in [-0.3, -0.25) is 9.59 Å². The highest BCUT2D eigenvalue weighted by molar-refractivity contribution is 6.07. The summed E-state index contributed by atoms with van der Waals surface area (Å²) in [6.45, 7) is 5.23. The molecule has 0 atom stereocenters. The molecule has 84 valence electrons. The van der Waals surface area contributed by atoms with Crippen molar-refractivity contribution in [2.45, 2.75) is 27.2 Å². The minimum absolute atomic E-state index is 0.151. The topological polar surface area (TPSA) is 60.4 Å². The Hall–Kier alpha value is -1.45. The van der Waals surface area contributed by atoms with E-state index in [2.05, 4.69) is 4.74 Å². The van der Waals surface area contributed by atoms with Crippen molar-refractivity contribution in [3.63, 3.8) is 0 Å². The van der Waals surface area contributed by atoms with Crippen LogP contribution in [0, 0.1) is 5.41 Å². The van der Waals surface area contributed by atoms with Crippen molar-refractivity contribution in [2.24, 2.45) is 5.41 Å². The van der Waals surface area contributed by atoms with Gasteiger partial charge < -0.3 is 4.74 Å². The van der Waals surface area contributed by atoms with Gasteiger partial charge >= 0.3 is 5.97 Å². The summed E-state index contributed by atoms with van der Waals surface area (Å²) in [6.07, 6.45) is 1.89. The molecule has 0 aliphatic heterocycles. The lowest BCUT2D eigenvalue weighted by Crippen LogP contribution is -2.22.